The highest BCUT2D eigenvalue weighted by Crippen LogP contribution is 2.16. The van der Waals surface area contributed by atoms with Crippen molar-refractivity contribution in [1.29, 1.82) is 0 Å². The number of pyridine rings is 1. The summed E-state index contributed by atoms with van der Waals surface area (Å²) in [5, 5.41) is 11.0. The second kappa shape index (κ2) is 4.17. The van der Waals surface area contributed by atoms with Crippen LogP contribution in [0.1, 0.15) is 5.76 Å². The minimum atomic E-state index is 0.508. The Balaban J connectivity index is 1.84. The van der Waals surface area contributed by atoms with Crippen LogP contribution in [0.2, 0.25) is 0 Å². The molecule has 0 bridgehead atoms. The van der Waals surface area contributed by atoms with Gasteiger partial charge in [-0.2, -0.15) is 4.98 Å². The molecule has 6 nitrogen and oxygen atoms in total. The van der Waals surface area contributed by atoms with Gasteiger partial charge in [0.05, 0.1) is 17.2 Å². The molecule has 3 aromatic rings. The lowest BCUT2D eigenvalue weighted by Gasteiger charge is -1.95. The molecular formula is C10H8BrN5O. The van der Waals surface area contributed by atoms with Gasteiger partial charge in [-0.05, 0) is 28.1 Å². The third-order valence-electron chi connectivity index (χ3n) is 2.23. The summed E-state index contributed by atoms with van der Waals surface area (Å²) in [6.45, 7) is 0.508. The number of nitrogens with one attached hydrogen (secondary N) is 1. The predicted octanol–water partition coefficient (Wildman–Crippen LogP) is 2.09. The van der Waals surface area contributed by atoms with Gasteiger partial charge in [-0.25, -0.2) is 4.52 Å². The molecule has 3 heterocycles. The topological polar surface area (TPSA) is 68.2 Å². The molecule has 0 atom stereocenters. The third-order valence-corrected chi connectivity index (χ3v) is 2.85. The van der Waals surface area contributed by atoms with Crippen molar-refractivity contribution < 1.29 is 4.52 Å². The SMILES string of the molecule is Brc1cccn2nc(NCc3ccno3)nc12. The average Bonchev–Trinajstić information content (AvgIpc) is 2.95. The van der Waals surface area contributed by atoms with E-state index in [2.05, 4.69) is 36.5 Å². The molecule has 86 valence electrons. The zero-order valence-corrected chi connectivity index (χ0v) is 10.3. The van der Waals surface area contributed by atoms with Crippen LogP contribution in [0.3, 0.4) is 0 Å². The first kappa shape index (κ1) is 10.3. The Kier molecular flexibility index (Phi) is 2.52. The molecule has 0 radical (unpaired) electrons. The molecule has 0 saturated carbocycles. The highest BCUT2D eigenvalue weighted by molar-refractivity contribution is 9.10. The van der Waals surface area contributed by atoms with Crippen molar-refractivity contribution in [2.75, 3.05) is 5.32 Å². The Morgan fingerprint density at radius 3 is 3.12 bits per heavy atom. The number of halogens is 1. The van der Waals surface area contributed by atoms with Gasteiger partial charge in [-0.1, -0.05) is 5.16 Å². The van der Waals surface area contributed by atoms with Gasteiger partial charge < -0.3 is 9.84 Å². The van der Waals surface area contributed by atoms with Crippen LogP contribution < -0.4 is 5.32 Å². The molecule has 0 unspecified atom stereocenters. The Hall–Kier alpha value is -1.89. The number of aromatic nitrogens is 4. The summed E-state index contributed by atoms with van der Waals surface area (Å²) in [5.41, 5.74) is 0.771. The van der Waals surface area contributed by atoms with Gasteiger partial charge in [0.2, 0.25) is 5.95 Å². The van der Waals surface area contributed by atoms with E-state index >= 15 is 0 Å². The monoisotopic (exact) mass is 293 g/mol. The first-order valence-electron chi connectivity index (χ1n) is 4.97. The van der Waals surface area contributed by atoms with E-state index in [-0.39, 0.29) is 0 Å². The summed E-state index contributed by atoms with van der Waals surface area (Å²) >= 11 is 3.42. The zero-order valence-electron chi connectivity index (χ0n) is 8.67. The summed E-state index contributed by atoms with van der Waals surface area (Å²) in [4.78, 5) is 4.34. The molecule has 0 saturated heterocycles. The van der Waals surface area contributed by atoms with Crippen LogP contribution in [0, 0.1) is 0 Å². The second-order valence-corrected chi connectivity index (χ2v) is 4.25. The van der Waals surface area contributed by atoms with Crippen LogP contribution in [-0.4, -0.2) is 19.8 Å². The quantitative estimate of drug-likeness (QED) is 0.801. The first-order valence-corrected chi connectivity index (χ1v) is 5.76. The fraction of sp³-hybridized carbons (Fsp3) is 0.100. The van der Waals surface area contributed by atoms with Gasteiger partial charge in [0.25, 0.3) is 0 Å². The maximum absolute atomic E-state index is 4.97. The summed E-state index contributed by atoms with van der Waals surface area (Å²) < 4.78 is 7.57. The summed E-state index contributed by atoms with van der Waals surface area (Å²) in [7, 11) is 0. The van der Waals surface area contributed by atoms with E-state index < -0.39 is 0 Å². The number of hydrogen-bond donors (Lipinski definition) is 1. The highest BCUT2D eigenvalue weighted by atomic mass is 79.9. The minimum absolute atomic E-state index is 0.508. The zero-order chi connectivity index (χ0) is 11.7. The third kappa shape index (κ3) is 2.01. The number of hydrogen-bond acceptors (Lipinski definition) is 5. The molecule has 3 rings (SSSR count). The Bertz CT molecular complexity index is 633. The Labute approximate surface area is 105 Å². The lowest BCUT2D eigenvalue weighted by atomic mass is 10.4. The summed E-state index contributed by atoms with van der Waals surface area (Å²) in [5.74, 6) is 1.29. The average molecular weight is 294 g/mol. The van der Waals surface area contributed by atoms with Crippen LogP contribution in [-0.2, 0) is 6.54 Å². The lowest BCUT2D eigenvalue weighted by molar-refractivity contribution is 0.388. The van der Waals surface area contributed by atoms with Crippen molar-refractivity contribution in [3.8, 4) is 0 Å². The molecule has 0 aromatic carbocycles. The number of fused-ring (bicyclic) bond motifs is 1. The fourth-order valence-electron chi connectivity index (χ4n) is 1.45. The fourth-order valence-corrected chi connectivity index (χ4v) is 1.87. The molecule has 0 aliphatic heterocycles. The highest BCUT2D eigenvalue weighted by Gasteiger charge is 2.06. The number of rotatable bonds is 3. The molecule has 3 aromatic heterocycles. The summed E-state index contributed by atoms with van der Waals surface area (Å²) in [6.07, 6.45) is 3.44. The number of nitrogens with zero attached hydrogens (tertiary/aromatic N) is 4. The van der Waals surface area contributed by atoms with Gasteiger partial charge in [-0.15, -0.1) is 5.10 Å². The normalized spacial score (nSPS) is 10.9. The molecule has 1 N–H and O–H groups in total. The summed E-state index contributed by atoms with van der Waals surface area (Å²) in [6, 6.07) is 5.61. The molecule has 0 fully saturated rings. The van der Waals surface area contributed by atoms with Crippen molar-refractivity contribution in [1.82, 2.24) is 19.8 Å². The molecule has 0 spiro atoms. The first-order chi connectivity index (χ1) is 8.33. The van der Waals surface area contributed by atoms with E-state index in [1.54, 1.807) is 16.8 Å². The maximum atomic E-state index is 4.97. The van der Waals surface area contributed by atoms with Gasteiger partial charge >= 0.3 is 0 Å². The Morgan fingerprint density at radius 2 is 2.35 bits per heavy atom. The van der Waals surface area contributed by atoms with Crippen LogP contribution in [0.5, 0.6) is 0 Å². The van der Waals surface area contributed by atoms with Gasteiger partial charge in [0.1, 0.15) is 0 Å². The molecular weight excluding hydrogens is 286 g/mol. The van der Waals surface area contributed by atoms with Crippen LogP contribution in [0.25, 0.3) is 5.65 Å². The van der Waals surface area contributed by atoms with E-state index in [4.69, 9.17) is 4.52 Å². The van der Waals surface area contributed by atoms with Crippen molar-refractivity contribution in [3.63, 3.8) is 0 Å². The van der Waals surface area contributed by atoms with Crippen LogP contribution in [0.15, 0.2) is 39.6 Å². The Morgan fingerprint density at radius 1 is 1.41 bits per heavy atom. The molecule has 17 heavy (non-hydrogen) atoms. The van der Waals surface area contributed by atoms with E-state index in [9.17, 15) is 0 Å². The van der Waals surface area contributed by atoms with Crippen LogP contribution in [0.4, 0.5) is 5.95 Å². The second-order valence-electron chi connectivity index (χ2n) is 3.39. The van der Waals surface area contributed by atoms with Gasteiger partial charge in [0, 0.05) is 12.3 Å². The maximum Gasteiger partial charge on any atom is 0.243 e. The lowest BCUT2D eigenvalue weighted by Crippen LogP contribution is -1.99. The smallest absolute Gasteiger partial charge is 0.243 e. The minimum Gasteiger partial charge on any atom is -0.360 e. The molecule has 7 heteroatoms. The molecule has 0 aliphatic rings. The van der Waals surface area contributed by atoms with Crippen molar-refractivity contribution in [2.45, 2.75) is 6.54 Å². The molecule has 0 aliphatic carbocycles. The van der Waals surface area contributed by atoms with Gasteiger partial charge in [0.15, 0.2) is 11.4 Å². The van der Waals surface area contributed by atoms with E-state index in [0.29, 0.717) is 12.5 Å². The van der Waals surface area contributed by atoms with Crippen molar-refractivity contribution in [2.24, 2.45) is 0 Å². The molecule has 0 amide bonds. The van der Waals surface area contributed by atoms with Gasteiger partial charge in [-0.3, -0.25) is 0 Å². The van der Waals surface area contributed by atoms with Crippen molar-refractivity contribution >= 4 is 27.5 Å². The van der Waals surface area contributed by atoms with E-state index in [1.165, 1.54) is 0 Å². The standard InChI is InChI=1S/C10H8BrN5O/c11-8-2-1-5-16-9(8)14-10(15-16)12-6-7-3-4-13-17-7/h1-5H,6H2,(H,12,15). The van der Waals surface area contributed by atoms with Crippen molar-refractivity contribution in [3.05, 3.63) is 40.8 Å². The van der Waals surface area contributed by atoms with Crippen LogP contribution >= 0.6 is 15.9 Å². The largest absolute Gasteiger partial charge is 0.360 e. The van der Waals surface area contributed by atoms with E-state index in [0.717, 1.165) is 15.9 Å². The van der Waals surface area contributed by atoms with E-state index in [1.807, 2.05) is 18.3 Å². The number of anilines is 1. The predicted molar refractivity (Wildman–Crippen MR) is 64.5 cm³/mol.